The standard InChI is InChI=1S/C13H25BrN4O2/c1-4-11-13(14)12(18(5-2)17-11)8-10(16-15)9-20-7-6-19-3/h10,16H,4-9,15H2,1-3H3. The molecule has 0 aromatic carbocycles. The molecule has 7 heteroatoms. The minimum Gasteiger partial charge on any atom is -0.382 e. The number of aromatic nitrogens is 2. The van der Waals surface area contributed by atoms with Crippen molar-refractivity contribution in [1.29, 1.82) is 0 Å². The van der Waals surface area contributed by atoms with Gasteiger partial charge in [0.2, 0.25) is 0 Å². The molecule has 1 unspecified atom stereocenters. The first-order chi connectivity index (χ1) is 9.67. The summed E-state index contributed by atoms with van der Waals surface area (Å²) in [5, 5.41) is 4.58. The van der Waals surface area contributed by atoms with E-state index < -0.39 is 0 Å². The first kappa shape index (κ1) is 17.6. The van der Waals surface area contributed by atoms with E-state index in [1.165, 1.54) is 0 Å². The lowest BCUT2D eigenvalue weighted by atomic mass is 10.1. The SMILES string of the molecule is CCc1nn(CC)c(CC(COCCOC)NN)c1Br. The van der Waals surface area contributed by atoms with E-state index in [1.807, 2.05) is 4.68 Å². The summed E-state index contributed by atoms with van der Waals surface area (Å²) in [5.74, 6) is 5.61. The highest BCUT2D eigenvalue weighted by Crippen LogP contribution is 2.23. The molecule has 1 heterocycles. The summed E-state index contributed by atoms with van der Waals surface area (Å²) in [5.41, 5.74) is 5.04. The highest BCUT2D eigenvalue weighted by Gasteiger charge is 2.18. The summed E-state index contributed by atoms with van der Waals surface area (Å²) in [7, 11) is 1.66. The number of halogens is 1. The van der Waals surface area contributed by atoms with Crippen molar-refractivity contribution in [2.45, 2.75) is 39.3 Å². The Labute approximate surface area is 129 Å². The Balaban J connectivity index is 2.66. The first-order valence-electron chi connectivity index (χ1n) is 6.94. The zero-order valence-electron chi connectivity index (χ0n) is 12.5. The molecule has 116 valence electrons. The highest BCUT2D eigenvalue weighted by atomic mass is 79.9. The van der Waals surface area contributed by atoms with Crippen LogP contribution in [0.3, 0.4) is 0 Å². The maximum absolute atomic E-state index is 5.61. The lowest BCUT2D eigenvalue weighted by Gasteiger charge is -2.17. The van der Waals surface area contributed by atoms with Crippen LogP contribution in [-0.2, 0) is 28.9 Å². The molecule has 0 saturated carbocycles. The number of hydrogen-bond donors (Lipinski definition) is 2. The molecular weight excluding hydrogens is 324 g/mol. The fraction of sp³-hybridized carbons (Fsp3) is 0.769. The maximum atomic E-state index is 5.61. The number of nitrogens with one attached hydrogen (secondary N) is 1. The summed E-state index contributed by atoms with van der Waals surface area (Å²) in [4.78, 5) is 0. The van der Waals surface area contributed by atoms with Crippen LogP contribution in [0, 0.1) is 0 Å². The minimum absolute atomic E-state index is 0.0508. The molecule has 0 saturated heterocycles. The van der Waals surface area contributed by atoms with Gasteiger partial charge in [0.25, 0.3) is 0 Å². The lowest BCUT2D eigenvalue weighted by Crippen LogP contribution is -2.41. The Morgan fingerprint density at radius 2 is 2.15 bits per heavy atom. The monoisotopic (exact) mass is 348 g/mol. The molecule has 1 rings (SSSR count). The number of rotatable bonds is 10. The van der Waals surface area contributed by atoms with Gasteiger partial charge in [-0.2, -0.15) is 5.10 Å². The average Bonchev–Trinajstić information content (AvgIpc) is 2.78. The van der Waals surface area contributed by atoms with Crippen LogP contribution in [0.1, 0.15) is 25.2 Å². The third-order valence-electron chi connectivity index (χ3n) is 3.12. The maximum Gasteiger partial charge on any atom is 0.0766 e. The minimum atomic E-state index is 0.0508. The Morgan fingerprint density at radius 1 is 1.40 bits per heavy atom. The zero-order valence-corrected chi connectivity index (χ0v) is 14.1. The van der Waals surface area contributed by atoms with Gasteiger partial charge in [-0.1, -0.05) is 6.92 Å². The Hall–Kier alpha value is -0.470. The van der Waals surface area contributed by atoms with Crippen molar-refractivity contribution in [2.24, 2.45) is 5.84 Å². The molecule has 0 aliphatic heterocycles. The third-order valence-corrected chi connectivity index (χ3v) is 4.04. The zero-order chi connectivity index (χ0) is 15.0. The van der Waals surface area contributed by atoms with Gasteiger partial charge in [-0.25, -0.2) is 0 Å². The van der Waals surface area contributed by atoms with Crippen LogP contribution in [0.15, 0.2) is 4.47 Å². The molecule has 0 spiro atoms. The van der Waals surface area contributed by atoms with E-state index >= 15 is 0 Å². The Morgan fingerprint density at radius 3 is 2.70 bits per heavy atom. The molecule has 0 aliphatic rings. The van der Waals surface area contributed by atoms with Crippen molar-refractivity contribution in [3.8, 4) is 0 Å². The summed E-state index contributed by atoms with van der Waals surface area (Å²) >= 11 is 3.64. The molecule has 0 aliphatic carbocycles. The number of ether oxygens (including phenoxy) is 2. The van der Waals surface area contributed by atoms with E-state index in [2.05, 4.69) is 40.3 Å². The molecule has 0 fully saturated rings. The second kappa shape index (κ2) is 9.46. The van der Waals surface area contributed by atoms with Gasteiger partial charge < -0.3 is 9.47 Å². The number of methoxy groups -OCH3 is 1. The van der Waals surface area contributed by atoms with E-state index in [9.17, 15) is 0 Å². The third kappa shape index (κ3) is 4.82. The molecule has 6 nitrogen and oxygen atoms in total. The summed E-state index contributed by atoms with van der Waals surface area (Å²) in [6, 6.07) is 0.0508. The number of nitrogens with two attached hydrogens (primary N) is 1. The molecule has 20 heavy (non-hydrogen) atoms. The molecular formula is C13H25BrN4O2. The molecule has 0 amide bonds. The van der Waals surface area contributed by atoms with Gasteiger partial charge in [0.05, 0.1) is 35.7 Å². The van der Waals surface area contributed by atoms with Gasteiger partial charge in [0.1, 0.15) is 0 Å². The van der Waals surface area contributed by atoms with Gasteiger partial charge in [0, 0.05) is 26.1 Å². The Kier molecular flexibility index (Phi) is 8.32. The van der Waals surface area contributed by atoms with Crippen LogP contribution in [0.4, 0.5) is 0 Å². The van der Waals surface area contributed by atoms with Gasteiger partial charge in [0.15, 0.2) is 0 Å². The molecule has 0 bridgehead atoms. The number of aryl methyl sites for hydroxylation is 2. The van der Waals surface area contributed by atoms with Gasteiger partial charge in [-0.05, 0) is 29.3 Å². The van der Waals surface area contributed by atoms with E-state index in [0.29, 0.717) is 19.8 Å². The summed E-state index contributed by atoms with van der Waals surface area (Å²) in [6.45, 7) is 6.74. The van der Waals surface area contributed by atoms with E-state index in [-0.39, 0.29) is 6.04 Å². The summed E-state index contributed by atoms with van der Waals surface area (Å²) < 4.78 is 13.6. The predicted octanol–water partition coefficient (Wildman–Crippen LogP) is 1.27. The second-order valence-electron chi connectivity index (χ2n) is 4.51. The highest BCUT2D eigenvalue weighted by molar-refractivity contribution is 9.10. The van der Waals surface area contributed by atoms with Crippen LogP contribution in [-0.4, -0.2) is 42.8 Å². The fourth-order valence-corrected chi connectivity index (χ4v) is 2.71. The van der Waals surface area contributed by atoms with E-state index in [1.54, 1.807) is 7.11 Å². The topological polar surface area (TPSA) is 74.3 Å². The molecule has 0 radical (unpaired) electrons. The van der Waals surface area contributed by atoms with Crippen LogP contribution in [0.2, 0.25) is 0 Å². The normalized spacial score (nSPS) is 12.8. The van der Waals surface area contributed by atoms with Gasteiger partial charge >= 0.3 is 0 Å². The van der Waals surface area contributed by atoms with E-state index in [4.69, 9.17) is 15.3 Å². The molecule has 1 aromatic rings. The number of nitrogens with zero attached hydrogens (tertiary/aromatic N) is 2. The van der Waals surface area contributed by atoms with Gasteiger partial charge in [-0.15, -0.1) is 0 Å². The van der Waals surface area contributed by atoms with Crippen molar-refractivity contribution >= 4 is 15.9 Å². The quantitative estimate of drug-likeness (QED) is 0.378. The van der Waals surface area contributed by atoms with E-state index in [0.717, 1.165) is 35.2 Å². The molecule has 3 N–H and O–H groups in total. The number of hydrazine groups is 1. The van der Waals surface area contributed by atoms with Crippen molar-refractivity contribution < 1.29 is 9.47 Å². The van der Waals surface area contributed by atoms with Gasteiger partial charge in [-0.3, -0.25) is 16.0 Å². The predicted molar refractivity (Wildman–Crippen MR) is 82.5 cm³/mol. The second-order valence-corrected chi connectivity index (χ2v) is 5.31. The summed E-state index contributed by atoms with van der Waals surface area (Å²) in [6.07, 6.45) is 1.68. The fourth-order valence-electron chi connectivity index (χ4n) is 1.98. The smallest absolute Gasteiger partial charge is 0.0766 e. The largest absolute Gasteiger partial charge is 0.382 e. The van der Waals surface area contributed by atoms with Crippen molar-refractivity contribution in [2.75, 3.05) is 26.9 Å². The van der Waals surface area contributed by atoms with Crippen LogP contribution >= 0.6 is 15.9 Å². The Bertz CT molecular complexity index is 398. The number of hydrogen-bond acceptors (Lipinski definition) is 5. The first-order valence-corrected chi connectivity index (χ1v) is 7.73. The van der Waals surface area contributed by atoms with Crippen molar-refractivity contribution in [3.05, 3.63) is 15.9 Å². The van der Waals surface area contributed by atoms with Crippen molar-refractivity contribution in [3.63, 3.8) is 0 Å². The van der Waals surface area contributed by atoms with Crippen LogP contribution in [0.25, 0.3) is 0 Å². The van der Waals surface area contributed by atoms with Crippen LogP contribution < -0.4 is 11.3 Å². The van der Waals surface area contributed by atoms with Crippen molar-refractivity contribution in [1.82, 2.24) is 15.2 Å². The van der Waals surface area contributed by atoms with Crippen LogP contribution in [0.5, 0.6) is 0 Å². The lowest BCUT2D eigenvalue weighted by molar-refractivity contribution is 0.0584. The average molecular weight is 349 g/mol. The molecule has 1 atom stereocenters. The molecule has 1 aromatic heterocycles.